The first-order valence-corrected chi connectivity index (χ1v) is 7.19. The first-order chi connectivity index (χ1) is 9.85. The van der Waals surface area contributed by atoms with Crippen molar-refractivity contribution in [2.75, 3.05) is 24.2 Å². The maximum atomic E-state index is 4.52. The van der Waals surface area contributed by atoms with Gasteiger partial charge in [-0.25, -0.2) is 4.98 Å². The van der Waals surface area contributed by atoms with Gasteiger partial charge in [0.25, 0.3) is 0 Å². The lowest BCUT2D eigenvalue weighted by atomic mass is 10.1. The molecule has 0 aliphatic heterocycles. The Morgan fingerprint density at radius 3 is 2.65 bits per heavy atom. The van der Waals surface area contributed by atoms with E-state index in [0.29, 0.717) is 11.9 Å². The third-order valence-corrected chi connectivity index (χ3v) is 3.53. The third-order valence-electron chi connectivity index (χ3n) is 3.53. The highest BCUT2D eigenvalue weighted by Crippen LogP contribution is 2.39. The Balaban J connectivity index is 1.63. The monoisotopic (exact) mass is 268 g/mol. The Morgan fingerprint density at radius 2 is 1.95 bits per heavy atom. The topological polar surface area (TPSA) is 49.8 Å². The Bertz CT molecular complexity index is 564. The van der Waals surface area contributed by atoms with Crippen LogP contribution in [-0.4, -0.2) is 23.6 Å². The fraction of sp³-hybridized carbons (Fsp3) is 0.375. The molecule has 20 heavy (non-hydrogen) atoms. The summed E-state index contributed by atoms with van der Waals surface area (Å²) < 4.78 is 0. The maximum Gasteiger partial charge on any atom is 0.224 e. The van der Waals surface area contributed by atoms with Gasteiger partial charge in [0.05, 0.1) is 5.69 Å². The first-order valence-electron chi connectivity index (χ1n) is 7.19. The van der Waals surface area contributed by atoms with Gasteiger partial charge in [0, 0.05) is 25.6 Å². The molecule has 0 radical (unpaired) electrons. The lowest BCUT2D eigenvalue weighted by Crippen LogP contribution is -2.09. The van der Waals surface area contributed by atoms with Crippen molar-refractivity contribution in [3.8, 4) is 0 Å². The summed E-state index contributed by atoms with van der Waals surface area (Å²) in [7, 11) is 1.86. The maximum absolute atomic E-state index is 4.52. The molecular formula is C16H20N4. The summed E-state index contributed by atoms with van der Waals surface area (Å²) in [6.07, 6.45) is 3.51. The van der Waals surface area contributed by atoms with Gasteiger partial charge in [0.15, 0.2) is 0 Å². The molecule has 0 spiro atoms. The summed E-state index contributed by atoms with van der Waals surface area (Å²) in [6.45, 7) is 0.883. The number of nitrogens with zero attached hydrogens (tertiary/aromatic N) is 2. The van der Waals surface area contributed by atoms with Crippen LogP contribution in [0.2, 0.25) is 0 Å². The molecular weight excluding hydrogens is 248 g/mol. The van der Waals surface area contributed by atoms with Crippen LogP contribution in [0, 0.1) is 0 Å². The number of nitrogens with one attached hydrogen (secondary N) is 2. The van der Waals surface area contributed by atoms with Gasteiger partial charge in [-0.05, 0) is 24.8 Å². The van der Waals surface area contributed by atoms with E-state index in [4.69, 9.17) is 0 Å². The molecule has 3 rings (SSSR count). The second-order valence-corrected chi connectivity index (χ2v) is 5.19. The number of anilines is 2. The second-order valence-electron chi connectivity index (χ2n) is 5.19. The molecule has 1 saturated carbocycles. The average molecular weight is 268 g/mol. The predicted octanol–water partition coefficient (Wildman–Crippen LogP) is 3.05. The second kappa shape index (κ2) is 5.90. The van der Waals surface area contributed by atoms with Crippen molar-refractivity contribution in [2.45, 2.75) is 25.2 Å². The molecule has 4 nitrogen and oxygen atoms in total. The van der Waals surface area contributed by atoms with Gasteiger partial charge in [-0.2, -0.15) is 4.98 Å². The summed E-state index contributed by atoms with van der Waals surface area (Å²) >= 11 is 0. The van der Waals surface area contributed by atoms with Crippen molar-refractivity contribution in [1.82, 2.24) is 9.97 Å². The van der Waals surface area contributed by atoms with Gasteiger partial charge in [-0.15, -0.1) is 0 Å². The fourth-order valence-electron chi connectivity index (χ4n) is 2.24. The van der Waals surface area contributed by atoms with Crippen LogP contribution in [0.3, 0.4) is 0 Å². The fourth-order valence-corrected chi connectivity index (χ4v) is 2.24. The van der Waals surface area contributed by atoms with Gasteiger partial charge in [0.1, 0.15) is 5.82 Å². The quantitative estimate of drug-likeness (QED) is 0.845. The van der Waals surface area contributed by atoms with E-state index in [2.05, 4.69) is 50.9 Å². The summed E-state index contributed by atoms with van der Waals surface area (Å²) in [4.78, 5) is 8.98. The van der Waals surface area contributed by atoms with Gasteiger partial charge in [0.2, 0.25) is 5.95 Å². The third kappa shape index (κ3) is 3.26. The van der Waals surface area contributed by atoms with E-state index in [1.54, 1.807) is 0 Å². The van der Waals surface area contributed by atoms with Crippen LogP contribution >= 0.6 is 0 Å². The van der Waals surface area contributed by atoms with E-state index in [9.17, 15) is 0 Å². The van der Waals surface area contributed by atoms with E-state index in [-0.39, 0.29) is 0 Å². The van der Waals surface area contributed by atoms with Gasteiger partial charge < -0.3 is 10.6 Å². The lowest BCUT2D eigenvalue weighted by molar-refractivity contribution is 0.963. The first kappa shape index (κ1) is 12.9. The van der Waals surface area contributed by atoms with E-state index in [1.165, 1.54) is 18.4 Å². The summed E-state index contributed by atoms with van der Waals surface area (Å²) in [5.41, 5.74) is 2.50. The molecule has 1 fully saturated rings. The number of aromatic nitrogens is 2. The van der Waals surface area contributed by atoms with Crippen molar-refractivity contribution in [3.05, 3.63) is 47.7 Å². The minimum Gasteiger partial charge on any atom is -0.370 e. The zero-order chi connectivity index (χ0) is 13.8. The normalized spacial score (nSPS) is 14.1. The highest BCUT2D eigenvalue weighted by atomic mass is 15.1. The number of benzene rings is 1. The number of hydrogen-bond donors (Lipinski definition) is 2. The van der Waals surface area contributed by atoms with Crippen molar-refractivity contribution in [2.24, 2.45) is 0 Å². The molecule has 0 saturated heterocycles. The molecule has 4 heteroatoms. The summed E-state index contributed by atoms with van der Waals surface area (Å²) in [6, 6.07) is 12.6. The molecule has 0 unspecified atom stereocenters. The van der Waals surface area contributed by atoms with Crippen molar-refractivity contribution < 1.29 is 0 Å². The average Bonchev–Trinajstić information content (AvgIpc) is 3.33. The van der Waals surface area contributed by atoms with E-state index >= 15 is 0 Å². The van der Waals surface area contributed by atoms with E-state index < -0.39 is 0 Å². The molecule has 1 aromatic heterocycles. The highest BCUT2D eigenvalue weighted by Gasteiger charge is 2.26. The van der Waals surface area contributed by atoms with Crippen LogP contribution in [-0.2, 0) is 6.42 Å². The standard InChI is InChI=1S/C16H20N4/c1-17-16-19-14(13-7-8-13)11-15(20-16)18-10-9-12-5-3-2-4-6-12/h2-6,11,13H,7-10H2,1H3,(H2,17,18,19,20). The van der Waals surface area contributed by atoms with Crippen molar-refractivity contribution in [3.63, 3.8) is 0 Å². The molecule has 0 atom stereocenters. The van der Waals surface area contributed by atoms with Gasteiger partial charge >= 0.3 is 0 Å². The summed E-state index contributed by atoms with van der Waals surface area (Å²) in [5, 5.41) is 6.44. The van der Waals surface area contributed by atoms with Crippen LogP contribution in [0.15, 0.2) is 36.4 Å². The van der Waals surface area contributed by atoms with Crippen LogP contribution in [0.5, 0.6) is 0 Å². The molecule has 0 bridgehead atoms. The lowest BCUT2D eigenvalue weighted by Gasteiger charge is -2.09. The summed E-state index contributed by atoms with van der Waals surface area (Å²) in [5.74, 6) is 2.26. The smallest absolute Gasteiger partial charge is 0.224 e. The van der Waals surface area contributed by atoms with Crippen LogP contribution in [0.25, 0.3) is 0 Å². The predicted molar refractivity (Wildman–Crippen MR) is 82.2 cm³/mol. The SMILES string of the molecule is CNc1nc(NCCc2ccccc2)cc(C2CC2)n1. The molecule has 104 valence electrons. The Labute approximate surface area is 119 Å². The van der Waals surface area contributed by atoms with Crippen molar-refractivity contribution >= 4 is 11.8 Å². The minimum atomic E-state index is 0.639. The molecule has 0 amide bonds. The Hall–Kier alpha value is -2.10. The molecule has 1 heterocycles. The number of hydrogen-bond acceptors (Lipinski definition) is 4. The molecule has 1 aliphatic carbocycles. The zero-order valence-corrected chi connectivity index (χ0v) is 11.8. The van der Waals surface area contributed by atoms with Crippen LogP contribution in [0.4, 0.5) is 11.8 Å². The number of rotatable bonds is 6. The van der Waals surface area contributed by atoms with Crippen molar-refractivity contribution in [1.29, 1.82) is 0 Å². The Morgan fingerprint density at radius 1 is 1.15 bits per heavy atom. The van der Waals surface area contributed by atoms with Gasteiger partial charge in [-0.1, -0.05) is 30.3 Å². The van der Waals surface area contributed by atoms with Crippen LogP contribution in [0.1, 0.15) is 30.0 Å². The highest BCUT2D eigenvalue weighted by molar-refractivity contribution is 5.43. The van der Waals surface area contributed by atoms with E-state index in [1.807, 2.05) is 13.1 Å². The largest absolute Gasteiger partial charge is 0.370 e. The molecule has 2 aromatic rings. The van der Waals surface area contributed by atoms with E-state index in [0.717, 1.165) is 24.5 Å². The molecule has 1 aromatic carbocycles. The zero-order valence-electron chi connectivity index (χ0n) is 11.8. The molecule has 1 aliphatic rings. The van der Waals surface area contributed by atoms with Crippen LogP contribution < -0.4 is 10.6 Å². The Kier molecular flexibility index (Phi) is 3.81. The minimum absolute atomic E-state index is 0.639. The van der Waals surface area contributed by atoms with Gasteiger partial charge in [-0.3, -0.25) is 0 Å². The molecule has 2 N–H and O–H groups in total.